The van der Waals surface area contributed by atoms with Crippen LogP contribution in [0.3, 0.4) is 0 Å². The highest BCUT2D eigenvalue weighted by molar-refractivity contribution is 8.02. The molecule has 0 unspecified atom stereocenters. The van der Waals surface area contributed by atoms with E-state index in [1.54, 1.807) is 0 Å². The van der Waals surface area contributed by atoms with Gasteiger partial charge >= 0.3 is 0 Å². The lowest BCUT2D eigenvalue weighted by atomic mass is 9.83. The molecule has 1 aliphatic rings. The molecule has 2 rings (SSSR count). The zero-order chi connectivity index (χ0) is 16.0. The molecule has 1 atom stereocenters. The van der Waals surface area contributed by atoms with E-state index < -0.39 is 5.54 Å². The van der Waals surface area contributed by atoms with E-state index >= 15 is 0 Å². The van der Waals surface area contributed by atoms with Crippen molar-refractivity contribution in [1.29, 1.82) is 5.26 Å². The van der Waals surface area contributed by atoms with Gasteiger partial charge in [0, 0.05) is 6.54 Å². The lowest BCUT2D eigenvalue weighted by molar-refractivity contribution is -0.121. The van der Waals surface area contributed by atoms with Crippen LogP contribution < -0.4 is 10.6 Å². The second-order valence-electron chi connectivity index (χ2n) is 5.41. The molecule has 1 fully saturated rings. The van der Waals surface area contributed by atoms with Crippen LogP contribution in [0.4, 0.5) is 5.13 Å². The van der Waals surface area contributed by atoms with Gasteiger partial charge in [-0.2, -0.15) is 5.26 Å². The molecule has 0 radical (unpaired) electrons. The predicted molar refractivity (Wildman–Crippen MR) is 89.0 cm³/mol. The summed E-state index contributed by atoms with van der Waals surface area (Å²) in [7, 11) is 0. The Morgan fingerprint density at radius 3 is 2.82 bits per heavy atom. The predicted octanol–water partition coefficient (Wildman–Crippen LogP) is 2.79. The fourth-order valence-electron chi connectivity index (χ4n) is 2.44. The first kappa shape index (κ1) is 17.0. The maximum atomic E-state index is 12.4. The molecule has 1 aromatic heterocycles. The molecule has 1 aromatic rings. The van der Waals surface area contributed by atoms with Gasteiger partial charge in [0.2, 0.25) is 11.0 Å². The molecule has 0 bridgehead atoms. The molecule has 0 saturated heterocycles. The first-order valence-electron chi connectivity index (χ1n) is 7.56. The van der Waals surface area contributed by atoms with E-state index in [-0.39, 0.29) is 11.2 Å². The summed E-state index contributed by atoms with van der Waals surface area (Å²) in [5.41, 5.74) is -0.680. The maximum Gasteiger partial charge on any atom is 0.234 e. The van der Waals surface area contributed by atoms with E-state index in [0.29, 0.717) is 0 Å². The van der Waals surface area contributed by atoms with Crippen LogP contribution in [0.5, 0.6) is 0 Å². The number of anilines is 1. The Bertz CT molecular complexity index is 548. The fourth-order valence-corrected chi connectivity index (χ4v) is 4.41. The summed E-state index contributed by atoms with van der Waals surface area (Å²) in [5.74, 6) is -0.103. The maximum absolute atomic E-state index is 12.4. The molecule has 120 valence electrons. The summed E-state index contributed by atoms with van der Waals surface area (Å²) < 4.78 is 0.758. The highest BCUT2D eigenvalue weighted by Crippen LogP contribution is 2.31. The number of rotatable bonds is 6. The van der Waals surface area contributed by atoms with E-state index in [0.717, 1.165) is 48.1 Å². The normalized spacial score (nSPS) is 18.2. The second kappa shape index (κ2) is 7.79. The van der Waals surface area contributed by atoms with Crippen LogP contribution in [-0.4, -0.2) is 33.4 Å². The molecule has 1 aliphatic carbocycles. The van der Waals surface area contributed by atoms with Crippen molar-refractivity contribution in [2.75, 3.05) is 11.9 Å². The molecule has 6 nitrogen and oxygen atoms in total. The van der Waals surface area contributed by atoms with Gasteiger partial charge in [0.15, 0.2) is 4.34 Å². The average molecular weight is 339 g/mol. The summed E-state index contributed by atoms with van der Waals surface area (Å²) in [6.07, 6.45) is 4.63. The number of aromatic nitrogens is 2. The van der Waals surface area contributed by atoms with Crippen molar-refractivity contribution < 1.29 is 4.79 Å². The van der Waals surface area contributed by atoms with Crippen LogP contribution in [-0.2, 0) is 4.79 Å². The molecule has 1 amide bonds. The Morgan fingerprint density at radius 1 is 1.45 bits per heavy atom. The van der Waals surface area contributed by atoms with E-state index in [2.05, 4.69) is 26.9 Å². The van der Waals surface area contributed by atoms with Gasteiger partial charge in [-0.3, -0.25) is 4.79 Å². The monoisotopic (exact) mass is 339 g/mol. The van der Waals surface area contributed by atoms with Crippen molar-refractivity contribution in [1.82, 2.24) is 15.5 Å². The van der Waals surface area contributed by atoms with Crippen molar-refractivity contribution in [3.63, 3.8) is 0 Å². The van der Waals surface area contributed by atoms with Crippen LogP contribution in [0.1, 0.15) is 46.0 Å². The number of nitrogens with zero attached hydrogens (tertiary/aromatic N) is 3. The molecule has 0 aromatic carbocycles. The Morgan fingerprint density at radius 2 is 2.18 bits per heavy atom. The summed E-state index contributed by atoms with van der Waals surface area (Å²) in [5, 5.41) is 24.0. The number of carbonyl (C=O) groups excluding carboxylic acids is 1. The number of nitriles is 1. The van der Waals surface area contributed by atoms with Crippen molar-refractivity contribution in [2.24, 2.45) is 0 Å². The second-order valence-corrected chi connectivity index (χ2v) is 7.97. The number of thioether (sulfide) groups is 1. The first-order chi connectivity index (χ1) is 10.6. The number of hydrogen-bond acceptors (Lipinski definition) is 7. The van der Waals surface area contributed by atoms with Gasteiger partial charge in [-0.1, -0.05) is 42.4 Å². The summed E-state index contributed by atoms with van der Waals surface area (Å²) in [6, 6.07) is 2.31. The highest BCUT2D eigenvalue weighted by atomic mass is 32.2. The molecular weight excluding hydrogens is 318 g/mol. The van der Waals surface area contributed by atoms with Gasteiger partial charge in [-0.15, -0.1) is 10.2 Å². The number of carbonyl (C=O) groups is 1. The lowest BCUT2D eigenvalue weighted by Gasteiger charge is -2.32. The topological polar surface area (TPSA) is 90.7 Å². The number of amides is 1. The quantitative estimate of drug-likeness (QED) is 0.775. The first-order valence-corrected chi connectivity index (χ1v) is 9.25. The zero-order valence-corrected chi connectivity index (χ0v) is 14.5. The van der Waals surface area contributed by atoms with Crippen LogP contribution in [0.2, 0.25) is 0 Å². The van der Waals surface area contributed by atoms with E-state index in [4.69, 9.17) is 0 Å². The van der Waals surface area contributed by atoms with Gasteiger partial charge in [-0.25, -0.2) is 0 Å². The van der Waals surface area contributed by atoms with E-state index in [1.165, 1.54) is 23.1 Å². The van der Waals surface area contributed by atoms with E-state index in [9.17, 15) is 10.1 Å². The van der Waals surface area contributed by atoms with Gasteiger partial charge in [-0.05, 0) is 26.7 Å². The van der Waals surface area contributed by atoms with E-state index in [1.807, 2.05) is 13.8 Å². The Kier molecular flexibility index (Phi) is 6.03. The fraction of sp³-hybridized carbons (Fsp3) is 0.714. The van der Waals surface area contributed by atoms with Crippen LogP contribution in [0, 0.1) is 11.3 Å². The number of hydrogen-bond donors (Lipinski definition) is 2. The lowest BCUT2D eigenvalue weighted by Crippen LogP contribution is -2.50. The smallest absolute Gasteiger partial charge is 0.234 e. The Balaban J connectivity index is 1.92. The summed E-state index contributed by atoms with van der Waals surface area (Å²) in [6.45, 7) is 4.62. The zero-order valence-electron chi connectivity index (χ0n) is 12.9. The molecule has 22 heavy (non-hydrogen) atoms. The highest BCUT2D eigenvalue weighted by Gasteiger charge is 2.35. The third kappa shape index (κ3) is 4.34. The van der Waals surface area contributed by atoms with Crippen LogP contribution >= 0.6 is 23.1 Å². The standard InChI is InChI=1S/C14H21N5OS2/c1-3-16-12-18-19-13(22-12)21-10(2)11(20)17-14(9-15)7-5-4-6-8-14/h10H,3-8H2,1-2H3,(H,16,18)(H,17,20)/t10-/m0/s1. The molecule has 0 aliphatic heterocycles. The number of nitrogens with one attached hydrogen (secondary N) is 2. The van der Waals surface area contributed by atoms with Crippen molar-refractivity contribution in [2.45, 2.75) is 61.1 Å². The minimum atomic E-state index is -0.680. The Labute approximate surface area is 139 Å². The molecule has 8 heteroatoms. The molecule has 2 N–H and O–H groups in total. The average Bonchev–Trinajstić information content (AvgIpc) is 2.95. The SMILES string of the molecule is CCNc1nnc(S[C@@H](C)C(=O)NC2(C#N)CCCCC2)s1. The summed E-state index contributed by atoms with van der Waals surface area (Å²) >= 11 is 2.82. The van der Waals surface area contributed by atoms with Gasteiger partial charge in [0.25, 0.3) is 0 Å². The largest absolute Gasteiger partial charge is 0.360 e. The van der Waals surface area contributed by atoms with Crippen LogP contribution in [0.15, 0.2) is 4.34 Å². The third-order valence-electron chi connectivity index (χ3n) is 3.66. The van der Waals surface area contributed by atoms with Gasteiger partial charge < -0.3 is 10.6 Å². The Hall–Kier alpha value is -1.33. The minimum Gasteiger partial charge on any atom is -0.360 e. The molecule has 1 heterocycles. The van der Waals surface area contributed by atoms with Gasteiger partial charge in [0.1, 0.15) is 5.54 Å². The minimum absolute atomic E-state index is 0.103. The summed E-state index contributed by atoms with van der Waals surface area (Å²) in [4.78, 5) is 12.4. The van der Waals surface area contributed by atoms with Crippen molar-refractivity contribution >= 4 is 34.1 Å². The van der Waals surface area contributed by atoms with Gasteiger partial charge in [0.05, 0.1) is 11.3 Å². The van der Waals surface area contributed by atoms with Crippen LogP contribution in [0.25, 0.3) is 0 Å². The molecule has 1 saturated carbocycles. The molecular formula is C14H21N5OS2. The van der Waals surface area contributed by atoms with Crippen molar-refractivity contribution in [3.05, 3.63) is 0 Å². The molecule has 0 spiro atoms. The van der Waals surface area contributed by atoms with Crippen molar-refractivity contribution in [3.8, 4) is 6.07 Å². The third-order valence-corrected chi connectivity index (χ3v) is 5.73.